The van der Waals surface area contributed by atoms with Crippen LogP contribution >= 0.6 is 0 Å². The summed E-state index contributed by atoms with van der Waals surface area (Å²) in [4.78, 5) is 23.9. The van der Waals surface area contributed by atoms with Crippen LogP contribution in [0.4, 0.5) is 0 Å². The molecule has 0 radical (unpaired) electrons. The third-order valence-electron chi connectivity index (χ3n) is 2.27. The molecule has 1 aromatic heterocycles. The number of rotatable bonds is 7. The molecule has 0 fully saturated rings. The summed E-state index contributed by atoms with van der Waals surface area (Å²) >= 11 is 0. The van der Waals surface area contributed by atoms with Crippen molar-refractivity contribution in [2.75, 3.05) is 19.7 Å². The Morgan fingerprint density at radius 3 is 2.67 bits per heavy atom. The van der Waals surface area contributed by atoms with Gasteiger partial charge in [-0.25, -0.2) is 9.48 Å². The Bertz CT molecular complexity index is 412. The first-order valence-electron chi connectivity index (χ1n) is 5.60. The summed E-state index contributed by atoms with van der Waals surface area (Å²) in [6.45, 7) is 2.53. The van der Waals surface area contributed by atoms with Gasteiger partial charge in [-0.2, -0.15) is 0 Å². The summed E-state index contributed by atoms with van der Waals surface area (Å²) < 4.78 is 1.17. The molecule has 1 heterocycles. The maximum atomic E-state index is 11.9. The Hall–Kier alpha value is -1.96. The predicted octanol–water partition coefficient (Wildman–Crippen LogP) is -0.793. The van der Waals surface area contributed by atoms with Crippen LogP contribution in [0.5, 0.6) is 0 Å². The molecule has 8 heteroatoms. The molecule has 0 aliphatic carbocycles. The van der Waals surface area contributed by atoms with E-state index >= 15 is 0 Å². The van der Waals surface area contributed by atoms with Crippen molar-refractivity contribution in [3.8, 4) is 0 Å². The van der Waals surface area contributed by atoms with Crippen molar-refractivity contribution >= 4 is 11.9 Å². The van der Waals surface area contributed by atoms with E-state index in [1.54, 1.807) is 0 Å². The van der Waals surface area contributed by atoms with E-state index in [9.17, 15) is 9.59 Å². The van der Waals surface area contributed by atoms with E-state index in [2.05, 4.69) is 10.3 Å². The van der Waals surface area contributed by atoms with Crippen LogP contribution < -0.4 is 0 Å². The number of aliphatic hydroxyl groups is 1. The van der Waals surface area contributed by atoms with Crippen molar-refractivity contribution in [3.05, 3.63) is 11.9 Å². The minimum Gasteiger partial charge on any atom is -0.476 e. The maximum absolute atomic E-state index is 11.9. The van der Waals surface area contributed by atoms with Crippen LogP contribution in [0.3, 0.4) is 0 Å². The summed E-state index contributed by atoms with van der Waals surface area (Å²) in [5.41, 5.74) is -0.202. The van der Waals surface area contributed by atoms with Gasteiger partial charge in [0.1, 0.15) is 6.54 Å². The highest BCUT2D eigenvalue weighted by molar-refractivity contribution is 5.84. The molecule has 0 saturated heterocycles. The average molecular weight is 256 g/mol. The second kappa shape index (κ2) is 6.70. The molecule has 1 aromatic rings. The number of aliphatic hydroxyl groups excluding tert-OH is 1. The highest BCUT2D eigenvalue weighted by Crippen LogP contribution is 1.97. The number of carboxylic acids is 1. The monoisotopic (exact) mass is 256 g/mol. The first-order valence-corrected chi connectivity index (χ1v) is 5.60. The van der Waals surface area contributed by atoms with Crippen LogP contribution in [-0.2, 0) is 11.3 Å². The molecule has 8 nitrogen and oxygen atoms in total. The molecular weight excluding hydrogens is 240 g/mol. The molecule has 1 amide bonds. The largest absolute Gasteiger partial charge is 0.476 e. The van der Waals surface area contributed by atoms with Crippen LogP contribution in [0.2, 0.25) is 0 Å². The van der Waals surface area contributed by atoms with Crippen molar-refractivity contribution in [2.45, 2.75) is 19.9 Å². The summed E-state index contributed by atoms with van der Waals surface area (Å²) in [5, 5.41) is 24.5. The summed E-state index contributed by atoms with van der Waals surface area (Å²) in [6, 6.07) is 0. The molecule has 18 heavy (non-hydrogen) atoms. The smallest absolute Gasteiger partial charge is 0.358 e. The van der Waals surface area contributed by atoms with Crippen LogP contribution in [0.15, 0.2) is 6.20 Å². The number of carbonyl (C=O) groups is 2. The Kier molecular flexibility index (Phi) is 5.25. The molecule has 0 atom stereocenters. The van der Waals surface area contributed by atoms with E-state index in [0.717, 1.165) is 6.42 Å². The number of carboxylic acid groups (broad SMARTS) is 1. The van der Waals surface area contributed by atoms with E-state index in [-0.39, 0.29) is 31.3 Å². The quantitative estimate of drug-likeness (QED) is 0.661. The number of hydrogen-bond donors (Lipinski definition) is 2. The zero-order valence-corrected chi connectivity index (χ0v) is 10.1. The summed E-state index contributed by atoms with van der Waals surface area (Å²) in [6.07, 6.45) is 1.98. The fourth-order valence-corrected chi connectivity index (χ4v) is 1.46. The third kappa shape index (κ3) is 3.81. The van der Waals surface area contributed by atoms with E-state index in [1.807, 2.05) is 6.92 Å². The lowest BCUT2D eigenvalue weighted by Gasteiger charge is -2.20. The number of aromatic nitrogens is 3. The third-order valence-corrected chi connectivity index (χ3v) is 2.27. The van der Waals surface area contributed by atoms with E-state index < -0.39 is 5.97 Å². The summed E-state index contributed by atoms with van der Waals surface area (Å²) in [7, 11) is 0. The molecule has 0 saturated carbocycles. The Morgan fingerprint density at radius 2 is 2.17 bits per heavy atom. The van der Waals surface area contributed by atoms with Gasteiger partial charge in [0, 0.05) is 13.1 Å². The number of amides is 1. The van der Waals surface area contributed by atoms with Crippen molar-refractivity contribution in [1.82, 2.24) is 19.9 Å². The van der Waals surface area contributed by atoms with Gasteiger partial charge in [-0.15, -0.1) is 5.10 Å². The maximum Gasteiger partial charge on any atom is 0.358 e. The first kappa shape index (κ1) is 14.1. The molecule has 0 unspecified atom stereocenters. The number of aromatic carboxylic acids is 1. The van der Waals surface area contributed by atoms with Crippen LogP contribution in [0, 0.1) is 0 Å². The first-order chi connectivity index (χ1) is 8.58. The van der Waals surface area contributed by atoms with Crippen molar-refractivity contribution < 1.29 is 19.8 Å². The van der Waals surface area contributed by atoms with Crippen LogP contribution in [0.25, 0.3) is 0 Å². The van der Waals surface area contributed by atoms with Crippen LogP contribution in [0.1, 0.15) is 23.8 Å². The van der Waals surface area contributed by atoms with Gasteiger partial charge in [0.2, 0.25) is 5.91 Å². The van der Waals surface area contributed by atoms with Gasteiger partial charge in [-0.05, 0) is 6.42 Å². The second-order valence-electron chi connectivity index (χ2n) is 3.71. The van der Waals surface area contributed by atoms with Crippen molar-refractivity contribution in [3.63, 3.8) is 0 Å². The Balaban J connectivity index is 2.63. The van der Waals surface area contributed by atoms with Gasteiger partial charge in [0.05, 0.1) is 12.8 Å². The molecule has 0 aliphatic heterocycles. The van der Waals surface area contributed by atoms with Gasteiger partial charge in [-0.3, -0.25) is 4.79 Å². The van der Waals surface area contributed by atoms with Crippen molar-refractivity contribution in [2.24, 2.45) is 0 Å². The average Bonchev–Trinajstić information content (AvgIpc) is 2.77. The van der Waals surface area contributed by atoms with Gasteiger partial charge in [0.25, 0.3) is 0 Å². The van der Waals surface area contributed by atoms with Gasteiger partial charge >= 0.3 is 5.97 Å². The zero-order chi connectivity index (χ0) is 13.5. The molecule has 0 bridgehead atoms. The minimum atomic E-state index is -1.19. The fraction of sp³-hybridized carbons (Fsp3) is 0.600. The van der Waals surface area contributed by atoms with Gasteiger partial charge in [0.15, 0.2) is 5.69 Å². The Labute approximate surface area is 104 Å². The van der Waals surface area contributed by atoms with E-state index in [0.29, 0.717) is 6.54 Å². The second-order valence-corrected chi connectivity index (χ2v) is 3.71. The van der Waals surface area contributed by atoms with Gasteiger partial charge < -0.3 is 15.1 Å². The normalized spacial score (nSPS) is 10.3. The number of carbonyl (C=O) groups excluding carboxylic acids is 1. The standard InChI is InChI=1S/C10H16N4O4/c1-2-3-13(4-5-15)9(16)7-14-6-8(10(17)18)11-12-14/h6,15H,2-5,7H2,1H3,(H,17,18). The lowest BCUT2D eigenvalue weighted by Crippen LogP contribution is -2.36. The van der Waals surface area contributed by atoms with Crippen molar-refractivity contribution in [1.29, 1.82) is 0 Å². The fourth-order valence-electron chi connectivity index (χ4n) is 1.46. The molecular formula is C10H16N4O4. The minimum absolute atomic E-state index is 0.0831. The highest BCUT2D eigenvalue weighted by atomic mass is 16.4. The number of hydrogen-bond acceptors (Lipinski definition) is 5. The predicted molar refractivity (Wildman–Crippen MR) is 60.9 cm³/mol. The molecule has 0 spiro atoms. The number of nitrogens with zero attached hydrogens (tertiary/aromatic N) is 4. The molecule has 0 aliphatic rings. The van der Waals surface area contributed by atoms with E-state index in [4.69, 9.17) is 10.2 Å². The highest BCUT2D eigenvalue weighted by Gasteiger charge is 2.15. The van der Waals surface area contributed by atoms with Gasteiger partial charge in [-0.1, -0.05) is 12.1 Å². The topological polar surface area (TPSA) is 109 Å². The lowest BCUT2D eigenvalue weighted by molar-refractivity contribution is -0.132. The SMILES string of the molecule is CCCN(CCO)C(=O)Cn1cc(C(=O)O)nn1. The lowest BCUT2D eigenvalue weighted by atomic mass is 10.4. The summed E-state index contributed by atoms with van der Waals surface area (Å²) in [5.74, 6) is -1.41. The molecule has 100 valence electrons. The molecule has 2 N–H and O–H groups in total. The molecule has 1 rings (SSSR count). The molecule has 0 aromatic carbocycles. The van der Waals surface area contributed by atoms with E-state index in [1.165, 1.54) is 15.8 Å². The Morgan fingerprint density at radius 1 is 1.44 bits per heavy atom. The zero-order valence-electron chi connectivity index (χ0n) is 10.1. The van der Waals surface area contributed by atoms with Crippen LogP contribution in [-0.4, -0.2) is 61.7 Å².